The van der Waals surface area contributed by atoms with Crippen LogP contribution in [-0.4, -0.2) is 37.2 Å². The Morgan fingerprint density at radius 3 is 0.873 bits per heavy atom. The van der Waals surface area contributed by atoms with Crippen LogP contribution in [-0.2, 0) is 28.6 Å². The average Bonchev–Trinajstić information content (AvgIpc) is 3.37. The van der Waals surface area contributed by atoms with Crippen LogP contribution >= 0.6 is 0 Å². The number of carbonyl (C=O) groups excluding carboxylic acids is 3. The van der Waals surface area contributed by atoms with Crippen molar-refractivity contribution in [2.75, 3.05) is 13.2 Å². The largest absolute Gasteiger partial charge is 0.462 e. The normalized spacial score (nSPS) is 12.7. The standard InChI is InChI=1S/C65H112O6/c1-4-7-10-13-16-19-22-24-26-28-30-31-32-33-34-35-36-38-39-41-43-46-49-52-55-58-64(67)70-61-62(60-69-63(66)57-54-51-48-45-21-18-15-12-9-6-3)71-65(68)59-56-53-50-47-44-42-40-37-29-27-25-23-20-17-14-11-8-5-2/h7,10,16,19,24,26-27,29-31,33-34,36,38,62H,4-6,8-9,11-15,17-18,20-23,25,28,32,35,37,39-61H2,1-3H3/b10-7-,19-16-,26-24-,29-27-,31-30-,34-33-,38-36-. The first-order valence-electron chi connectivity index (χ1n) is 30.1. The molecule has 0 radical (unpaired) electrons. The molecule has 0 aromatic rings. The highest BCUT2D eigenvalue weighted by atomic mass is 16.6. The number of allylic oxidation sites excluding steroid dienone is 14. The van der Waals surface area contributed by atoms with E-state index in [4.69, 9.17) is 14.2 Å². The van der Waals surface area contributed by atoms with Gasteiger partial charge in [0.15, 0.2) is 6.10 Å². The van der Waals surface area contributed by atoms with Crippen molar-refractivity contribution < 1.29 is 28.6 Å². The van der Waals surface area contributed by atoms with E-state index in [-0.39, 0.29) is 31.1 Å². The molecule has 0 rings (SSSR count). The van der Waals surface area contributed by atoms with Crippen molar-refractivity contribution in [2.45, 2.75) is 297 Å². The minimum absolute atomic E-state index is 0.0809. The number of ether oxygens (including phenoxy) is 3. The molecule has 0 heterocycles. The Hall–Kier alpha value is -3.41. The van der Waals surface area contributed by atoms with Gasteiger partial charge in [0.05, 0.1) is 0 Å². The zero-order chi connectivity index (χ0) is 51.4. The summed E-state index contributed by atoms with van der Waals surface area (Å²) in [4.78, 5) is 38.1. The van der Waals surface area contributed by atoms with E-state index >= 15 is 0 Å². The maximum atomic E-state index is 12.9. The molecule has 0 aliphatic rings. The number of hydrogen-bond acceptors (Lipinski definition) is 6. The molecular formula is C65H112O6. The predicted octanol–water partition coefficient (Wildman–Crippen LogP) is 20.3. The molecule has 0 aliphatic heterocycles. The SMILES string of the molecule is CC/C=C\C/C=C\C/C=C\C/C=C\C/C=C\C/C=C\CCCCCCCCC(=O)OCC(COC(=O)CCCCCCCCCCCC)OC(=O)CCCCCCCCC/C=C\CCCCCCCCC. The molecule has 0 aromatic heterocycles. The molecule has 0 aliphatic carbocycles. The Kier molecular flexibility index (Phi) is 56.3. The van der Waals surface area contributed by atoms with Crippen LogP contribution in [0.15, 0.2) is 85.1 Å². The molecule has 0 spiro atoms. The third kappa shape index (κ3) is 57.4. The van der Waals surface area contributed by atoms with Crippen LogP contribution in [0.1, 0.15) is 290 Å². The third-order valence-electron chi connectivity index (χ3n) is 12.9. The lowest BCUT2D eigenvalue weighted by Gasteiger charge is -2.18. The van der Waals surface area contributed by atoms with Crippen molar-refractivity contribution in [3.05, 3.63) is 85.1 Å². The smallest absolute Gasteiger partial charge is 0.306 e. The second-order valence-electron chi connectivity index (χ2n) is 19.9. The Morgan fingerprint density at radius 2 is 0.549 bits per heavy atom. The maximum Gasteiger partial charge on any atom is 0.306 e. The van der Waals surface area contributed by atoms with Gasteiger partial charge in [-0.25, -0.2) is 0 Å². The molecule has 0 bridgehead atoms. The van der Waals surface area contributed by atoms with E-state index in [0.717, 1.165) is 109 Å². The first kappa shape index (κ1) is 67.6. The molecule has 0 N–H and O–H groups in total. The maximum absolute atomic E-state index is 12.9. The van der Waals surface area contributed by atoms with Gasteiger partial charge in [0.25, 0.3) is 0 Å². The van der Waals surface area contributed by atoms with Crippen LogP contribution in [0.5, 0.6) is 0 Å². The Labute approximate surface area is 439 Å². The summed E-state index contributed by atoms with van der Waals surface area (Å²) >= 11 is 0. The highest BCUT2D eigenvalue weighted by molar-refractivity contribution is 5.71. The summed E-state index contributed by atoms with van der Waals surface area (Å²) in [5.41, 5.74) is 0. The minimum atomic E-state index is -0.783. The van der Waals surface area contributed by atoms with Gasteiger partial charge in [-0.3, -0.25) is 14.4 Å². The molecule has 1 unspecified atom stereocenters. The van der Waals surface area contributed by atoms with Crippen molar-refractivity contribution in [3.63, 3.8) is 0 Å². The molecule has 1 atom stereocenters. The molecule has 0 fully saturated rings. The van der Waals surface area contributed by atoms with Gasteiger partial charge in [-0.2, -0.15) is 0 Å². The van der Waals surface area contributed by atoms with Gasteiger partial charge in [-0.05, 0) is 96.3 Å². The fraction of sp³-hybridized carbons (Fsp3) is 0.738. The third-order valence-corrected chi connectivity index (χ3v) is 12.9. The predicted molar refractivity (Wildman–Crippen MR) is 307 cm³/mol. The number of carbonyl (C=O) groups is 3. The summed E-state index contributed by atoms with van der Waals surface area (Å²) in [7, 11) is 0. The van der Waals surface area contributed by atoms with Gasteiger partial charge in [0.1, 0.15) is 13.2 Å². The number of rotatable bonds is 54. The number of unbranched alkanes of at least 4 members (excludes halogenated alkanes) is 29. The summed E-state index contributed by atoms with van der Waals surface area (Å²) in [5, 5.41) is 0. The lowest BCUT2D eigenvalue weighted by atomic mass is 10.1. The van der Waals surface area contributed by atoms with Gasteiger partial charge in [0.2, 0.25) is 0 Å². The van der Waals surface area contributed by atoms with Gasteiger partial charge in [-0.1, -0.05) is 260 Å². The second kappa shape index (κ2) is 59.2. The van der Waals surface area contributed by atoms with E-state index in [1.807, 2.05) is 0 Å². The van der Waals surface area contributed by atoms with E-state index in [1.165, 1.54) is 141 Å². The Balaban J connectivity index is 4.31. The number of hydrogen-bond donors (Lipinski definition) is 0. The molecule has 6 nitrogen and oxygen atoms in total. The molecule has 71 heavy (non-hydrogen) atoms. The van der Waals surface area contributed by atoms with Crippen LogP contribution < -0.4 is 0 Å². The van der Waals surface area contributed by atoms with E-state index in [0.29, 0.717) is 19.3 Å². The highest BCUT2D eigenvalue weighted by Gasteiger charge is 2.19. The Bertz CT molecular complexity index is 1370. The van der Waals surface area contributed by atoms with Crippen LogP contribution in [0.3, 0.4) is 0 Å². The van der Waals surface area contributed by atoms with Crippen molar-refractivity contribution in [1.82, 2.24) is 0 Å². The van der Waals surface area contributed by atoms with Crippen molar-refractivity contribution >= 4 is 17.9 Å². The van der Waals surface area contributed by atoms with Gasteiger partial charge < -0.3 is 14.2 Å². The molecular weight excluding hydrogens is 877 g/mol. The van der Waals surface area contributed by atoms with Gasteiger partial charge in [0, 0.05) is 19.3 Å². The lowest BCUT2D eigenvalue weighted by molar-refractivity contribution is -0.167. The van der Waals surface area contributed by atoms with Crippen molar-refractivity contribution in [2.24, 2.45) is 0 Å². The summed E-state index contributed by atoms with van der Waals surface area (Å²) < 4.78 is 16.9. The number of esters is 3. The molecule has 0 amide bonds. The second-order valence-corrected chi connectivity index (χ2v) is 19.9. The fourth-order valence-electron chi connectivity index (χ4n) is 8.38. The highest BCUT2D eigenvalue weighted by Crippen LogP contribution is 2.15. The monoisotopic (exact) mass is 989 g/mol. The van der Waals surface area contributed by atoms with Gasteiger partial charge >= 0.3 is 17.9 Å². The average molecular weight is 990 g/mol. The van der Waals surface area contributed by atoms with Crippen molar-refractivity contribution in [1.29, 1.82) is 0 Å². The van der Waals surface area contributed by atoms with Crippen LogP contribution in [0.25, 0.3) is 0 Å². The van der Waals surface area contributed by atoms with Gasteiger partial charge in [-0.15, -0.1) is 0 Å². The summed E-state index contributed by atoms with van der Waals surface area (Å²) in [6, 6.07) is 0. The van der Waals surface area contributed by atoms with Crippen LogP contribution in [0, 0.1) is 0 Å². The lowest BCUT2D eigenvalue weighted by Crippen LogP contribution is -2.30. The molecule has 0 saturated heterocycles. The van der Waals surface area contributed by atoms with E-state index < -0.39 is 6.10 Å². The van der Waals surface area contributed by atoms with Crippen LogP contribution in [0.2, 0.25) is 0 Å². The molecule has 6 heteroatoms. The Morgan fingerprint density at radius 1 is 0.296 bits per heavy atom. The summed E-state index contributed by atoms with van der Waals surface area (Å²) in [6.45, 7) is 6.51. The zero-order valence-electron chi connectivity index (χ0n) is 46.7. The molecule has 0 aromatic carbocycles. The summed E-state index contributed by atoms with van der Waals surface area (Å²) in [6.07, 6.45) is 77.2. The first-order chi connectivity index (χ1) is 35.0. The first-order valence-corrected chi connectivity index (χ1v) is 30.1. The summed E-state index contributed by atoms with van der Waals surface area (Å²) in [5.74, 6) is -0.894. The fourth-order valence-corrected chi connectivity index (χ4v) is 8.38. The van der Waals surface area contributed by atoms with E-state index in [2.05, 4.69) is 106 Å². The molecule has 408 valence electrons. The zero-order valence-corrected chi connectivity index (χ0v) is 46.7. The van der Waals surface area contributed by atoms with E-state index in [1.54, 1.807) is 0 Å². The van der Waals surface area contributed by atoms with Crippen molar-refractivity contribution in [3.8, 4) is 0 Å². The topological polar surface area (TPSA) is 78.9 Å². The van der Waals surface area contributed by atoms with E-state index in [9.17, 15) is 14.4 Å². The quantitative estimate of drug-likeness (QED) is 0.0261. The van der Waals surface area contributed by atoms with Crippen LogP contribution in [0.4, 0.5) is 0 Å². The molecule has 0 saturated carbocycles. The minimum Gasteiger partial charge on any atom is -0.462 e.